The average molecular weight is 207 g/mol. The molecule has 1 rings (SSSR count). The van der Waals surface area contributed by atoms with Crippen molar-refractivity contribution < 1.29 is 9.90 Å². The second kappa shape index (κ2) is 4.94. The van der Waals surface area contributed by atoms with Gasteiger partial charge in [-0.15, -0.1) is 0 Å². The van der Waals surface area contributed by atoms with Crippen molar-refractivity contribution in [2.45, 2.75) is 25.8 Å². The Balaban J connectivity index is 2.56. The first-order valence-corrected chi connectivity index (χ1v) is 5.05. The van der Waals surface area contributed by atoms with Crippen molar-refractivity contribution in [1.82, 2.24) is 5.32 Å². The zero-order chi connectivity index (χ0) is 11.3. The van der Waals surface area contributed by atoms with Crippen molar-refractivity contribution in [3.05, 3.63) is 35.9 Å². The molecule has 0 aromatic heterocycles. The van der Waals surface area contributed by atoms with Crippen molar-refractivity contribution in [2.24, 2.45) is 0 Å². The molecule has 3 heteroatoms. The summed E-state index contributed by atoms with van der Waals surface area (Å²) in [5.41, 5.74) is 0.979. The summed E-state index contributed by atoms with van der Waals surface area (Å²) in [5, 5.41) is 11.8. The number of rotatable bonds is 5. The third-order valence-corrected chi connectivity index (χ3v) is 2.40. The Bertz CT molecular complexity index is 320. The van der Waals surface area contributed by atoms with Gasteiger partial charge in [0.1, 0.15) is 0 Å². The molecule has 0 saturated heterocycles. The van der Waals surface area contributed by atoms with Crippen molar-refractivity contribution in [1.29, 1.82) is 0 Å². The molecule has 0 heterocycles. The Labute approximate surface area is 90.1 Å². The highest BCUT2D eigenvalue weighted by Crippen LogP contribution is 2.18. The number of aliphatic carboxylic acids is 1. The van der Waals surface area contributed by atoms with Gasteiger partial charge in [0.15, 0.2) is 0 Å². The van der Waals surface area contributed by atoms with Crippen LogP contribution >= 0.6 is 0 Å². The molecule has 1 aromatic rings. The Morgan fingerprint density at radius 1 is 1.33 bits per heavy atom. The van der Waals surface area contributed by atoms with E-state index in [0.717, 1.165) is 5.56 Å². The maximum absolute atomic E-state index is 10.4. The van der Waals surface area contributed by atoms with Crippen molar-refractivity contribution >= 4 is 5.97 Å². The molecule has 0 atom stereocenters. The number of nitrogens with one attached hydrogen (secondary N) is 1. The third-order valence-electron chi connectivity index (χ3n) is 2.40. The molecule has 0 fully saturated rings. The Morgan fingerprint density at radius 2 is 1.93 bits per heavy atom. The molecule has 0 amide bonds. The molecule has 0 saturated carbocycles. The van der Waals surface area contributed by atoms with Gasteiger partial charge in [0.05, 0.1) is 6.42 Å². The van der Waals surface area contributed by atoms with Gasteiger partial charge in [0, 0.05) is 12.1 Å². The summed E-state index contributed by atoms with van der Waals surface area (Å²) >= 11 is 0. The SMILES string of the molecule is CC(C)(NCCC(=O)O)c1ccccc1. The number of carboxylic acid groups (broad SMARTS) is 1. The minimum Gasteiger partial charge on any atom is -0.481 e. The first-order valence-electron chi connectivity index (χ1n) is 5.05. The Hall–Kier alpha value is -1.35. The van der Waals surface area contributed by atoms with Gasteiger partial charge in [-0.3, -0.25) is 4.79 Å². The number of hydrogen-bond acceptors (Lipinski definition) is 2. The molecular formula is C12H17NO2. The van der Waals surface area contributed by atoms with E-state index in [9.17, 15) is 4.79 Å². The van der Waals surface area contributed by atoms with Crippen molar-refractivity contribution in [2.75, 3.05) is 6.54 Å². The first-order chi connectivity index (χ1) is 7.02. The van der Waals surface area contributed by atoms with Gasteiger partial charge in [0.2, 0.25) is 0 Å². The quantitative estimate of drug-likeness (QED) is 0.776. The predicted octanol–water partition coefficient (Wildman–Crippen LogP) is 1.99. The molecule has 0 aliphatic carbocycles. The topological polar surface area (TPSA) is 49.3 Å². The Kier molecular flexibility index (Phi) is 3.86. The van der Waals surface area contributed by atoms with E-state index in [2.05, 4.69) is 5.32 Å². The normalized spacial score (nSPS) is 11.3. The lowest BCUT2D eigenvalue weighted by atomic mass is 9.94. The van der Waals surface area contributed by atoms with Crippen LogP contribution in [0.3, 0.4) is 0 Å². The molecular weight excluding hydrogens is 190 g/mol. The van der Waals surface area contributed by atoms with E-state index in [0.29, 0.717) is 6.54 Å². The molecule has 0 radical (unpaired) electrons. The number of carboxylic acids is 1. The van der Waals surface area contributed by atoms with Gasteiger partial charge >= 0.3 is 5.97 Å². The van der Waals surface area contributed by atoms with Crippen LogP contribution in [0.2, 0.25) is 0 Å². The maximum atomic E-state index is 10.4. The van der Waals surface area contributed by atoms with Crippen LogP contribution < -0.4 is 5.32 Å². The van der Waals surface area contributed by atoms with Gasteiger partial charge in [0.25, 0.3) is 0 Å². The van der Waals surface area contributed by atoms with Crippen molar-refractivity contribution in [3.8, 4) is 0 Å². The van der Waals surface area contributed by atoms with E-state index in [1.165, 1.54) is 0 Å². The van der Waals surface area contributed by atoms with Crippen LogP contribution in [0.5, 0.6) is 0 Å². The zero-order valence-electron chi connectivity index (χ0n) is 9.16. The van der Waals surface area contributed by atoms with Crippen LogP contribution in [0.1, 0.15) is 25.8 Å². The van der Waals surface area contributed by atoms with Gasteiger partial charge in [-0.1, -0.05) is 30.3 Å². The number of hydrogen-bond donors (Lipinski definition) is 2. The smallest absolute Gasteiger partial charge is 0.304 e. The molecule has 0 bridgehead atoms. The molecule has 15 heavy (non-hydrogen) atoms. The standard InChI is InChI=1S/C12H17NO2/c1-12(2,13-9-8-11(14)15)10-6-4-3-5-7-10/h3-7,13H,8-9H2,1-2H3,(H,14,15). The van der Waals surface area contributed by atoms with Crippen LogP contribution in [0.25, 0.3) is 0 Å². The lowest BCUT2D eigenvalue weighted by Gasteiger charge is -2.26. The second-order valence-electron chi connectivity index (χ2n) is 4.06. The van der Waals surface area contributed by atoms with E-state index in [-0.39, 0.29) is 12.0 Å². The van der Waals surface area contributed by atoms with E-state index in [1.54, 1.807) is 0 Å². The van der Waals surface area contributed by atoms with Crippen LogP contribution in [0.15, 0.2) is 30.3 Å². The third kappa shape index (κ3) is 3.72. The summed E-state index contributed by atoms with van der Waals surface area (Å²) in [6.45, 7) is 4.57. The summed E-state index contributed by atoms with van der Waals surface area (Å²) in [6.07, 6.45) is 0.149. The molecule has 3 nitrogen and oxygen atoms in total. The van der Waals surface area contributed by atoms with Crippen LogP contribution in [-0.2, 0) is 10.3 Å². The first kappa shape index (κ1) is 11.7. The lowest BCUT2D eigenvalue weighted by Crippen LogP contribution is -2.37. The van der Waals surface area contributed by atoms with E-state index in [4.69, 9.17) is 5.11 Å². The average Bonchev–Trinajstić information content (AvgIpc) is 2.18. The fraction of sp³-hybridized carbons (Fsp3) is 0.417. The maximum Gasteiger partial charge on any atom is 0.304 e. The molecule has 1 aromatic carbocycles. The Morgan fingerprint density at radius 3 is 2.47 bits per heavy atom. The zero-order valence-corrected chi connectivity index (χ0v) is 9.16. The van der Waals surface area contributed by atoms with Gasteiger partial charge < -0.3 is 10.4 Å². The van der Waals surface area contributed by atoms with E-state index < -0.39 is 5.97 Å². The van der Waals surface area contributed by atoms with Gasteiger partial charge in [-0.05, 0) is 19.4 Å². The molecule has 0 spiro atoms. The summed E-state index contributed by atoms with van der Waals surface area (Å²) < 4.78 is 0. The second-order valence-corrected chi connectivity index (χ2v) is 4.06. The fourth-order valence-electron chi connectivity index (χ4n) is 1.44. The molecule has 2 N–H and O–H groups in total. The van der Waals surface area contributed by atoms with Gasteiger partial charge in [-0.2, -0.15) is 0 Å². The number of benzene rings is 1. The highest BCUT2D eigenvalue weighted by Gasteiger charge is 2.18. The summed E-state index contributed by atoms with van der Waals surface area (Å²) in [7, 11) is 0. The largest absolute Gasteiger partial charge is 0.481 e. The number of carbonyl (C=O) groups is 1. The van der Waals surface area contributed by atoms with E-state index in [1.807, 2.05) is 44.2 Å². The summed E-state index contributed by atoms with van der Waals surface area (Å²) in [6, 6.07) is 10.0. The van der Waals surface area contributed by atoms with E-state index >= 15 is 0 Å². The van der Waals surface area contributed by atoms with Crippen LogP contribution in [0.4, 0.5) is 0 Å². The van der Waals surface area contributed by atoms with Crippen LogP contribution in [0, 0.1) is 0 Å². The molecule has 0 aliphatic rings. The lowest BCUT2D eigenvalue weighted by molar-refractivity contribution is -0.136. The summed E-state index contributed by atoms with van der Waals surface area (Å²) in [5.74, 6) is -0.772. The summed E-state index contributed by atoms with van der Waals surface area (Å²) in [4.78, 5) is 10.4. The highest BCUT2D eigenvalue weighted by molar-refractivity contribution is 5.66. The van der Waals surface area contributed by atoms with Crippen molar-refractivity contribution in [3.63, 3.8) is 0 Å². The predicted molar refractivity (Wildman–Crippen MR) is 59.7 cm³/mol. The van der Waals surface area contributed by atoms with Crippen LogP contribution in [-0.4, -0.2) is 17.6 Å². The minimum atomic E-state index is -0.772. The minimum absolute atomic E-state index is 0.149. The fourth-order valence-corrected chi connectivity index (χ4v) is 1.44. The monoisotopic (exact) mass is 207 g/mol. The molecule has 0 unspecified atom stereocenters. The van der Waals surface area contributed by atoms with Gasteiger partial charge in [-0.25, -0.2) is 0 Å². The molecule has 0 aliphatic heterocycles. The highest BCUT2D eigenvalue weighted by atomic mass is 16.4. The molecule has 82 valence electrons.